The molecule has 0 heterocycles. The molecular formula is C16H21NO3. The van der Waals surface area contributed by atoms with Crippen molar-refractivity contribution in [1.82, 2.24) is 5.32 Å². The van der Waals surface area contributed by atoms with Gasteiger partial charge in [0.1, 0.15) is 11.5 Å². The van der Waals surface area contributed by atoms with Gasteiger partial charge in [-0.25, -0.2) is 0 Å². The molecule has 4 heteroatoms. The lowest BCUT2D eigenvalue weighted by molar-refractivity contribution is 0.0922. The van der Waals surface area contributed by atoms with Crippen molar-refractivity contribution < 1.29 is 14.3 Å². The van der Waals surface area contributed by atoms with Crippen LogP contribution in [0.2, 0.25) is 0 Å². The molecule has 1 N–H and O–H groups in total. The second-order valence-electron chi connectivity index (χ2n) is 5.86. The maximum Gasteiger partial charge on any atom is 0.251 e. The van der Waals surface area contributed by atoms with E-state index >= 15 is 0 Å². The Labute approximate surface area is 119 Å². The summed E-state index contributed by atoms with van der Waals surface area (Å²) in [5.41, 5.74) is 0.601. The molecule has 2 saturated carbocycles. The van der Waals surface area contributed by atoms with E-state index in [-0.39, 0.29) is 5.91 Å². The molecular weight excluding hydrogens is 254 g/mol. The first-order valence-electron chi connectivity index (χ1n) is 7.23. The fraction of sp³-hybridized carbons (Fsp3) is 0.562. The molecule has 4 nitrogen and oxygen atoms in total. The van der Waals surface area contributed by atoms with Crippen LogP contribution >= 0.6 is 0 Å². The van der Waals surface area contributed by atoms with E-state index in [2.05, 4.69) is 5.32 Å². The van der Waals surface area contributed by atoms with Gasteiger partial charge in [0.15, 0.2) is 0 Å². The van der Waals surface area contributed by atoms with Crippen LogP contribution in [0.4, 0.5) is 0 Å². The van der Waals surface area contributed by atoms with Gasteiger partial charge in [-0.1, -0.05) is 6.42 Å². The third-order valence-corrected chi connectivity index (χ3v) is 4.67. The van der Waals surface area contributed by atoms with Gasteiger partial charge in [0.25, 0.3) is 5.91 Å². The number of ether oxygens (including phenoxy) is 2. The summed E-state index contributed by atoms with van der Waals surface area (Å²) in [6.45, 7) is 0. The maximum absolute atomic E-state index is 12.4. The molecule has 0 radical (unpaired) electrons. The number of carbonyl (C=O) groups excluding carboxylic acids is 1. The molecule has 2 aliphatic rings. The molecule has 0 unspecified atom stereocenters. The summed E-state index contributed by atoms with van der Waals surface area (Å²) >= 11 is 0. The fourth-order valence-corrected chi connectivity index (χ4v) is 3.61. The van der Waals surface area contributed by atoms with Gasteiger partial charge in [-0.3, -0.25) is 4.79 Å². The zero-order chi connectivity index (χ0) is 14.1. The predicted octanol–water partition coefficient (Wildman–Crippen LogP) is 2.62. The van der Waals surface area contributed by atoms with E-state index in [4.69, 9.17) is 9.47 Å². The summed E-state index contributed by atoms with van der Waals surface area (Å²) in [6, 6.07) is 5.63. The minimum atomic E-state index is -0.0280. The number of methoxy groups -OCH3 is 2. The number of fused-ring (bicyclic) bond motifs is 2. The van der Waals surface area contributed by atoms with Gasteiger partial charge in [0.2, 0.25) is 0 Å². The first-order chi connectivity index (χ1) is 9.69. The highest BCUT2D eigenvalue weighted by atomic mass is 16.5. The van der Waals surface area contributed by atoms with Crippen LogP contribution in [0.3, 0.4) is 0 Å². The Morgan fingerprint density at radius 3 is 2.30 bits per heavy atom. The number of benzene rings is 1. The average molecular weight is 275 g/mol. The van der Waals surface area contributed by atoms with Crippen LogP contribution in [0.15, 0.2) is 18.2 Å². The third-order valence-electron chi connectivity index (χ3n) is 4.67. The summed E-state index contributed by atoms with van der Waals surface area (Å²) in [6.07, 6.45) is 5.02. The zero-order valence-corrected chi connectivity index (χ0v) is 12.0. The molecule has 3 rings (SSSR count). The zero-order valence-electron chi connectivity index (χ0n) is 12.0. The van der Waals surface area contributed by atoms with Gasteiger partial charge in [0.05, 0.1) is 14.2 Å². The highest BCUT2D eigenvalue weighted by Crippen LogP contribution is 2.44. The number of hydrogen-bond donors (Lipinski definition) is 1. The van der Waals surface area contributed by atoms with E-state index in [0.29, 0.717) is 29.0 Å². The summed E-state index contributed by atoms with van der Waals surface area (Å²) in [5.74, 6) is 2.76. The second-order valence-corrected chi connectivity index (χ2v) is 5.86. The molecule has 3 atom stereocenters. The lowest BCUT2D eigenvalue weighted by Gasteiger charge is -2.23. The van der Waals surface area contributed by atoms with Crippen LogP contribution in [0, 0.1) is 11.8 Å². The van der Waals surface area contributed by atoms with Crippen molar-refractivity contribution in [3.63, 3.8) is 0 Å². The number of amides is 1. The minimum Gasteiger partial charge on any atom is -0.497 e. The Hall–Kier alpha value is -1.71. The largest absolute Gasteiger partial charge is 0.497 e. The molecule has 0 saturated heterocycles. The topological polar surface area (TPSA) is 47.6 Å². The SMILES string of the molecule is COc1cc(OC)cc(C(=O)N[C@H]2C[C@H]3CC[C@H]2C3)c1. The van der Waals surface area contributed by atoms with Crippen molar-refractivity contribution in [3.05, 3.63) is 23.8 Å². The molecule has 2 aliphatic carbocycles. The molecule has 0 aromatic heterocycles. The van der Waals surface area contributed by atoms with E-state index in [1.807, 2.05) is 0 Å². The Balaban J connectivity index is 1.73. The average Bonchev–Trinajstić information content (AvgIpc) is 3.09. The van der Waals surface area contributed by atoms with Crippen LogP contribution < -0.4 is 14.8 Å². The molecule has 2 fully saturated rings. The Bertz CT molecular complexity index is 492. The highest BCUT2D eigenvalue weighted by Gasteiger charge is 2.40. The van der Waals surface area contributed by atoms with Crippen molar-refractivity contribution in [1.29, 1.82) is 0 Å². The third kappa shape index (κ3) is 2.47. The van der Waals surface area contributed by atoms with Crippen LogP contribution in [-0.2, 0) is 0 Å². The smallest absolute Gasteiger partial charge is 0.251 e. The van der Waals surface area contributed by atoms with Crippen LogP contribution in [-0.4, -0.2) is 26.2 Å². The van der Waals surface area contributed by atoms with E-state index in [0.717, 1.165) is 12.3 Å². The molecule has 0 spiro atoms. The second kappa shape index (κ2) is 5.35. The van der Waals surface area contributed by atoms with Crippen LogP contribution in [0.25, 0.3) is 0 Å². The lowest BCUT2D eigenvalue weighted by Crippen LogP contribution is -2.38. The van der Waals surface area contributed by atoms with Gasteiger partial charge in [-0.2, -0.15) is 0 Å². The van der Waals surface area contributed by atoms with Gasteiger partial charge < -0.3 is 14.8 Å². The highest BCUT2D eigenvalue weighted by molar-refractivity contribution is 5.95. The predicted molar refractivity (Wildman–Crippen MR) is 76.2 cm³/mol. The number of rotatable bonds is 4. The van der Waals surface area contributed by atoms with E-state index in [9.17, 15) is 4.79 Å². The van der Waals surface area contributed by atoms with Gasteiger partial charge >= 0.3 is 0 Å². The van der Waals surface area contributed by atoms with Crippen molar-refractivity contribution in [2.24, 2.45) is 11.8 Å². The van der Waals surface area contributed by atoms with Crippen LogP contribution in [0.1, 0.15) is 36.0 Å². The molecule has 1 amide bonds. The quantitative estimate of drug-likeness (QED) is 0.919. The number of hydrogen-bond acceptors (Lipinski definition) is 3. The number of nitrogens with one attached hydrogen (secondary N) is 1. The molecule has 1 aromatic rings. The van der Waals surface area contributed by atoms with Crippen LogP contribution in [0.5, 0.6) is 11.5 Å². The van der Waals surface area contributed by atoms with Crippen molar-refractivity contribution in [2.75, 3.05) is 14.2 Å². The molecule has 20 heavy (non-hydrogen) atoms. The molecule has 2 bridgehead atoms. The summed E-state index contributed by atoms with van der Waals surface area (Å²) in [4.78, 5) is 12.4. The summed E-state index contributed by atoms with van der Waals surface area (Å²) in [5, 5.41) is 3.18. The van der Waals surface area contributed by atoms with Crippen molar-refractivity contribution in [3.8, 4) is 11.5 Å². The standard InChI is InChI=1S/C16H21NO3/c1-19-13-7-12(8-14(9-13)20-2)16(18)17-15-6-10-3-4-11(15)5-10/h7-11,15H,3-6H2,1-2H3,(H,17,18)/t10-,11-,15-/m0/s1. The lowest BCUT2D eigenvalue weighted by atomic mass is 9.95. The van der Waals surface area contributed by atoms with Crippen molar-refractivity contribution in [2.45, 2.75) is 31.7 Å². The van der Waals surface area contributed by atoms with E-state index in [1.165, 1.54) is 19.3 Å². The monoisotopic (exact) mass is 275 g/mol. The summed E-state index contributed by atoms with van der Waals surface area (Å²) < 4.78 is 10.4. The Kier molecular flexibility index (Phi) is 3.55. The minimum absolute atomic E-state index is 0.0280. The number of carbonyl (C=O) groups is 1. The fourth-order valence-electron chi connectivity index (χ4n) is 3.61. The first kappa shape index (κ1) is 13.3. The van der Waals surface area contributed by atoms with Crippen molar-refractivity contribution >= 4 is 5.91 Å². The van der Waals surface area contributed by atoms with E-state index in [1.54, 1.807) is 32.4 Å². The summed E-state index contributed by atoms with van der Waals surface area (Å²) in [7, 11) is 3.18. The molecule has 108 valence electrons. The van der Waals surface area contributed by atoms with Gasteiger partial charge in [0, 0.05) is 17.7 Å². The van der Waals surface area contributed by atoms with E-state index < -0.39 is 0 Å². The Morgan fingerprint density at radius 1 is 1.10 bits per heavy atom. The maximum atomic E-state index is 12.4. The molecule has 1 aromatic carbocycles. The van der Waals surface area contributed by atoms with Gasteiger partial charge in [-0.15, -0.1) is 0 Å². The first-order valence-corrected chi connectivity index (χ1v) is 7.23. The molecule has 0 aliphatic heterocycles. The van der Waals surface area contributed by atoms with Gasteiger partial charge in [-0.05, 0) is 43.2 Å². The normalized spacial score (nSPS) is 27.4. The Morgan fingerprint density at radius 2 is 1.80 bits per heavy atom.